The van der Waals surface area contributed by atoms with Gasteiger partial charge in [-0.1, -0.05) is 12.1 Å². The van der Waals surface area contributed by atoms with Crippen molar-refractivity contribution in [2.75, 3.05) is 6.54 Å². The molecule has 7 heteroatoms. The fourth-order valence-electron chi connectivity index (χ4n) is 2.15. The highest BCUT2D eigenvalue weighted by molar-refractivity contribution is 7.09. The van der Waals surface area contributed by atoms with Crippen LogP contribution in [0.25, 0.3) is 0 Å². The SMILES string of the molecule is Cc1ccc(CNC(=O)c2csc(CCN)n2)c(OC(C)(C)C)c1.Cl. The van der Waals surface area contributed by atoms with Crippen LogP contribution in [0.2, 0.25) is 0 Å². The number of nitrogens with zero attached hydrogens (tertiary/aromatic N) is 1. The van der Waals surface area contributed by atoms with Gasteiger partial charge in [-0.15, -0.1) is 23.7 Å². The first-order chi connectivity index (χ1) is 11.3. The molecule has 0 saturated heterocycles. The molecule has 0 spiro atoms. The largest absolute Gasteiger partial charge is 0.488 e. The summed E-state index contributed by atoms with van der Waals surface area (Å²) in [5, 5.41) is 5.56. The number of nitrogens with two attached hydrogens (primary N) is 1. The minimum Gasteiger partial charge on any atom is -0.488 e. The molecule has 138 valence electrons. The van der Waals surface area contributed by atoms with E-state index in [9.17, 15) is 4.79 Å². The third-order valence-corrected chi connectivity index (χ3v) is 4.13. The summed E-state index contributed by atoms with van der Waals surface area (Å²) in [5.41, 5.74) is 7.72. The van der Waals surface area contributed by atoms with Crippen LogP contribution in [-0.2, 0) is 13.0 Å². The number of carbonyl (C=O) groups is 1. The fraction of sp³-hybridized carbons (Fsp3) is 0.444. The van der Waals surface area contributed by atoms with Crippen LogP contribution < -0.4 is 15.8 Å². The zero-order valence-electron chi connectivity index (χ0n) is 15.1. The van der Waals surface area contributed by atoms with Gasteiger partial charge in [0.05, 0.1) is 5.01 Å². The van der Waals surface area contributed by atoms with E-state index in [1.54, 1.807) is 5.38 Å². The second-order valence-corrected chi connectivity index (χ2v) is 7.62. The molecule has 0 aliphatic rings. The van der Waals surface area contributed by atoms with Crippen molar-refractivity contribution in [3.63, 3.8) is 0 Å². The number of aryl methyl sites for hydroxylation is 1. The Bertz CT molecular complexity index is 711. The number of aromatic nitrogens is 1. The molecule has 1 heterocycles. The lowest BCUT2D eigenvalue weighted by molar-refractivity contribution is 0.0945. The van der Waals surface area contributed by atoms with Crippen molar-refractivity contribution in [3.8, 4) is 5.75 Å². The first kappa shape index (κ1) is 21.4. The van der Waals surface area contributed by atoms with E-state index in [-0.39, 0.29) is 23.9 Å². The molecular formula is C18H26ClN3O2S. The van der Waals surface area contributed by atoms with E-state index in [0.29, 0.717) is 25.2 Å². The molecule has 3 N–H and O–H groups in total. The van der Waals surface area contributed by atoms with Gasteiger partial charge < -0.3 is 15.8 Å². The second kappa shape index (κ2) is 9.17. The predicted octanol–water partition coefficient (Wildman–Crippen LogP) is 3.48. The number of hydrogen-bond acceptors (Lipinski definition) is 5. The Morgan fingerprint density at radius 3 is 2.72 bits per heavy atom. The first-order valence-electron chi connectivity index (χ1n) is 8.00. The summed E-state index contributed by atoms with van der Waals surface area (Å²) in [7, 11) is 0. The van der Waals surface area contributed by atoms with Crippen molar-refractivity contribution in [1.29, 1.82) is 0 Å². The van der Waals surface area contributed by atoms with Gasteiger partial charge in [0.25, 0.3) is 5.91 Å². The number of ether oxygens (including phenoxy) is 1. The maximum atomic E-state index is 12.3. The summed E-state index contributed by atoms with van der Waals surface area (Å²) in [5.74, 6) is 0.613. The Morgan fingerprint density at radius 2 is 2.08 bits per heavy atom. The molecule has 1 amide bonds. The molecule has 0 saturated carbocycles. The van der Waals surface area contributed by atoms with E-state index < -0.39 is 0 Å². The average Bonchev–Trinajstić information content (AvgIpc) is 2.93. The van der Waals surface area contributed by atoms with Crippen molar-refractivity contribution >= 4 is 29.7 Å². The van der Waals surface area contributed by atoms with E-state index in [1.807, 2.05) is 45.9 Å². The molecule has 2 aromatic rings. The highest BCUT2D eigenvalue weighted by atomic mass is 35.5. The van der Waals surface area contributed by atoms with E-state index in [1.165, 1.54) is 11.3 Å². The number of nitrogens with one attached hydrogen (secondary N) is 1. The number of amides is 1. The fourth-order valence-corrected chi connectivity index (χ4v) is 2.95. The van der Waals surface area contributed by atoms with Crippen LogP contribution in [0.3, 0.4) is 0 Å². The molecule has 0 aliphatic carbocycles. The van der Waals surface area contributed by atoms with Gasteiger partial charge >= 0.3 is 0 Å². The Kier molecular flexibility index (Phi) is 7.86. The summed E-state index contributed by atoms with van der Waals surface area (Å²) in [4.78, 5) is 16.6. The Morgan fingerprint density at radius 1 is 1.36 bits per heavy atom. The zero-order valence-corrected chi connectivity index (χ0v) is 16.7. The van der Waals surface area contributed by atoms with Gasteiger partial charge in [0.2, 0.25) is 0 Å². The topological polar surface area (TPSA) is 77.2 Å². The highest BCUT2D eigenvalue weighted by Crippen LogP contribution is 2.24. The second-order valence-electron chi connectivity index (χ2n) is 6.67. The molecule has 2 rings (SSSR count). The van der Waals surface area contributed by atoms with Crippen LogP contribution >= 0.6 is 23.7 Å². The van der Waals surface area contributed by atoms with Crippen molar-refractivity contribution in [3.05, 3.63) is 45.4 Å². The Hall–Kier alpha value is -1.63. The number of thiazole rings is 1. The monoisotopic (exact) mass is 383 g/mol. The predicted molar refractivity (Wildman–Crippen MR) is 105 cm³/mol. The molecule has 0 bridgehead atoms. The molecule has 0 atom stereocenters. The maximum absolute atomic E-state index is 12.3. The molecular weight excluding hydrogens is 358 g/mol. The lowest BCUT2D eigenvalue weighted by Gasteiger charge is -2.23. The van der Waals surface area contributed by atoms with E-state index >= 15 is 0 Å². The molecule has 0 aliphatic heterocycles. The van der Waals surface area contributed by atoms with Crippen molar-refractivity contribution in [2.24, 2.45) is 5.73 Å². The third kappa shape index (κ3) is 6.65. The van der Waals surface area contributed by atoms with Gasteiger partial charge in [0, 0.05) is 23.9 Å². The molecule has 0 radical (unpaired) electrons. The van der Waals surface area contributed by atoms with Crippen LogP contribution in [0.15, 0.2) is 23.6 Å². The molecule has 0 fully saturated rings. The smallest absolute Gasteiger partial charge is 0.271 e. The van der Waals surface area contributed by atoms with Gasteiger partial charge in [-0.3, -0.25) is 4.79 Å². The average molecular weight is 384 g/mol. The maximum Gasteiger partial charge on any atom is 0.271 e. The number of benzene rings is 1. The normalized spacial score (nSPS) is 10.9. The first-order valence-corrected chi connectivity index (χ1v) is 8.87. The Balaban J connectivity index is 0.00000312. The molecule has 0 unspecified atom stereocenters. The van der Waals surface area contributed by atoms with Crippen LogP contribution in [-0.4, -0.2) is 23.0 Å². The van der Waals surface area contributed by atoms with Gasteiger partial charge in [0.1, 0.15) is 17.0 Å². The van der Waals surface area contributed by atoms with Crippen LogP contribution in [0, 0.1) is 6.92 Å². The summed E-state index contributed by atoms with van der Waals surface area (Å²) < 4.78 is 6.01. The summed E-state index contributed by atoms with van der Waals surface area (Å²) in [6.07, 6.45) is 0.694. The third-order valence-electron chi connectivity index (χ3n) is 3.22. The molecule has 1 aromatic heterocycles. The number of halogens is 1. The minimum absolute atomic E-state index is 0. The molecule has 1 aromatic carbocycles. The van der Waals surface area contributed by atoms with Gasteiger partial charge in [-0.05, 0) is 45.9 Å². The highest BCUT2D eigenvalue weighted by Gasteiger charge is 2.16. The van der Waals surface area contributed by atoms with Gasteiger partial charge in [0.15, 0.2) is 0 Å². The van der Waals surface area contributed by atoms with Crippen LogP contribution in [0.4, 0.5) is 0 Å². The zero-order chi connectivity index (χ0) is 17.7. The number of hydrogen-bond donors (Lipinski definition) is 2. The van der Waals surface area contributed by atoms with E-state index in [0.717, 1.165) is 21.9 Å². The van der Waals surface area contributed by atoms with Gasteiger partial charge in [-0.2, -0.15) is 0 Å². The quantitative estimate of drug-likeness (QED) is 0.800. The Labute approximate surface area is 159 Å². The van der Waals surface area contributed by atoms with Crippen LogP contribution in [0.5, 0.6) is 5.75 Å². The van der Waals surface area contributed by atoms with E-state index in [2.05, 4.69) is 10.3 Å². The number of carbonyl (C=O) groups excluding carboxylic acids is 1. The lowest BCUT2D eigenvalue weighted by atomic mass is 10.1. The lowest BCUT2D eigenvalue weighted by Crippen LogP contribution is -2.26. The number of rotatable bonds is 6. The van der Waals surface area contributed by atoms with Crippen molar-refractivity contribution < 1.29 is 9.53 Å². The van der Waals surface area contributed by atoms with Gasteiger partial charge in [-0.25, -0.2) is 4.98 Å². The van der Waals surface area contributed by atoms with E-state index in [4.69, 9.17) is 10.5 Å². The molecule has 25 heavy (non-hydrogen) atoms. The van der Waals surface area contributed by atoms with Crippen molar-refractivity contribution in [2.45, 2.75) is 46.3 Å². The summed E-state index contributed by atoms with van der Waals surface area (Å²) >= 11 is 1.46. The summed E-state index contributed by atoms with van der Waals surface area (Å²) in [6, 6.07) is 5.99. The van der Waals surface area contributed by atoms with Crippen molar-refractivity contribution in [1.82, 2.24) is 10.3 Å². The standard InChI is InChI=1S/C18H25N3O2S.ClH/c1-12-5-6-13(15(9-12)23-18(2,3)4)10-20-17(22)14-11-24-16(21-14)7-8-19;/h5-6,9,11H,7-8,10,19H2,1-4H3,(H,20,22);1H. The summed E-state index contributed by atoms with van der Waals surface area (Å²) in [6.45, 7) is 8.97. The minimum atomic E-state index is -0.293. The molecule has 5 nitrogen and oxygen atoms in total. The van der Waals surface area contributed by atoms with Crippen LogP contribution in [0.1, 0.15) is 47.4 Å².